The molecule has 2 heterocycles. The summed E-state index contributed by atoms with van der Waals surface area (Å²) >= 11 is 6.05. The molecule has 0 unspecified atom stereocenters. The number of fused-ring (bicyclic) bond motifs is 1. The van der Waals surface area contributed by atoms with Crippen molar-refractivity contribution in [2.45, 2.75) is 51.9 Å². The predicted octanol–water partition coefficient (Wildman–Crippen LogP) is 3.98. The predicted molar refractivity (Wildman–Crippen MR) is 82.0 cm³/mol. The number of carboxylic acid groups (broad SMARTS) is 1. The molecule has 2 aromatic rings. The van der Waals surface area contributed by atoms with E-state index < -0.39 is 5.97 Å². The van der Waals surface area contributed by atoms with Crippen molar-refractivity contribution in [2.75, 3.05) is 0 Å². The van der Waals surface area contributed by atoms with Gasteiger partial charge in [0.2, 0.25) is 0 Å². The van der Waals surface area contributed by atoms with Crippen LogP contribution < -0.4 is 0 Å². The van der Waals surface area contributed by atoms with Gasteiger partial charge in [-0.25, -0.2) is 4.79 Å². The first-order valence-corrected chi connectivity index (χ1v) is 7.77. The van der Waals surface area contributed by atoms with E-state index in [4.69, 9.17) is 16.7 Å². The Morgan fingerprint density at radius 2 is 1.95 bits per heavy atom. The normalized spacial score (nSPS) is 11.1. The Labute approximate surface area is 129 Å². The molecule has 0 saturated heterocycles. The molecular formula is C15H20ClN3O2. The van der Waals surface area contributed by atoms with E-state index in [2.05, 4.69) is 17.1 Å². The monoisotopic (exact) mass is 309 g/mol. The smallest absolute Gasteiger partial charge is 0.337 e. The molecular weight excluding hydrogens is 290 g/mol. The molecule has 0 aromatic carbocycles. The quantitative estimate of drug-likeness (QED) is 0.749. The molecule has 1 N–H and O–H groups in total. The van der Waals surface area contributed by atoms with Gasteiger partial charge in [-0.1, -0.05) is 50.6 Å². The summed E-state index contributed by atoms with van der Waals surface area (Å²) in [6.07, 6.45) is 9.53. The summed E-state index contributed by atoms with van der Waals surface area (Å²) in [5, 5.41) is 17.6. The van der Waals surface area contributed by atoms with E-state index in [-0.39, 0.29) is 5.56 Å². The summed E-state index contributed by atoms with van der Waals surface area (Å²) in [5.74, 6) is -0.233. The number of hydrogen-bond acceptors (Lipinski definition) is 3. The second-order valence-electron chi connectivity index (χ2n) is 5.21. The molecule has 0 saturated carbocycles. The van der Waals surface area contributed by atoms with Gasteiger partial charge in [-0.05, 0) is 12.5 Å². The zero-order valence-corrected chi connectivity index (χ0v) is 12.9. The Hall–Kier alpha value is -1.62. The number of rotatable bonds is 8. The van der Waals surface area contributed by atoms with Crippen molar-refractivity contribution < 1.29 is 9.90 Å². The molecule has 0 radical (unpaired) electrons. The van der Waals surface area contributed by atoms with Gasteiger partial charge in [0.15, 0.2) is 5.65 Å². The van der Waals surface area contributed by atoms with Crippen LogP contribution in [0.15, 0.2) is 12.3 Å². The minimum Gasteiger partial charge on any atom is -0.478 e. The van der Waals surface area contributed by atoms with Crippen molar-refractivity contribution in [1.29, 1.82) is 0 Å². The van der Waals surface area contributed by atoms with Crippen molar-refractivity contribution in [1.82, 2.24) is 14.6 Å². The molecule has 0 spiro atoms. The molecule has 2 aromatic heterocycles. The Morgan fingerprint density at radius 1 is 1.24 bits per heavy atom. The summed E-state index contributed by atoms with van der Waals surface area (Å²) in [6.45, 7) is 2.20. The largest absolute Gasteiger partial charge is 0.478 e. The first-order valence-electron chi connectivity index (χ1n) is 7.40. The van der Waals surface area contributed by atoms with E-state index in [1.54, 1.807) is 4.40 Å². The lowest BCUT2D eigenvalue weighted by Crippen LogP contribution is -2.02. The summed E-state index contributed by atoms with van der Waals surface area (Å²) in [7, 11) is 0. The van der Waals surface area contributed by atoms with Crippen LogP contribution in [0.4, 0.5) is 0 Å². The number of aromatic carboxylic acids is 1. The fourth-order valence-electron chi connectivity index (χ4n) is 2.35. The lowest BCUT2D eigenvalue weighted by molar-refractivity contribution is 0.0696. The van der Waals surface area contributed by atoms with E-state index in [0.717, 1.165) is 25.1 Å². The van der Waals surface area contributed by atoms with Crippen molar-refractivity contribution in [3.05, 3.63) is 28.7 Å². The number of aryl methyl sites for hydroxylation is 1. The Morgan fingerprint density at radius 3 is 2.67 bits per heavy atom. The van der Waals surface area contributed by atoms with Crippen LogP contribution in [0.25, 0.3) is 5.65 Å². The highest BCUT2D eigenvalue weighted by molar-refractivity contribution is 6.33. The fraction of sp³-hybridized carbons (Fsp3) is 0.533. The molecule has 2 rings (SSSR count). The highest BCUT2D eigenvalue weighted by Crippen LogP contribution is 2.19. The van der Waals surface area contributed by atoms with Crippen LogP contribution in [0.3, 0.4) is 0 Å². The van der Waals surface area contributed by atoms with E-state index in [9.17, 15) is 4.79 Å². The summed E-state index contributed by atoms with van der Waals surface area (Å²) in [5.41, 5.74) is 0.666. The first kappa shape index (κ1) is 15.8. The number of aromatic nitrogens is 3. The minimum atomic E-state index is -1.00. The Kier molecular flexibility index (Phi) is 5.56. The number of halogens is 1. The number of carboxylic acids is 1. The third kappa shape index (κ3) is 3.94. The van der Waals surface area contributed by atoms with Crippen molar-refractivity contribution in [2.24, 2.45) is 0 Å². The molecule has 0 bridgehead atoms. The van der Waals surface area contributed by atoms with Crippen molar-refractivity contribution in [3.63, 3.8) is 0 Å². The van der Waals surface area contributed by atoms with Gasteiger partial charge in [0.05, 0.1) is 10.6 Å². The maximum absolute atomic E-state index is 11.1. The van der Waals surface area contributed by atoms with Crippen LogP contribution in [0.2, 0.25) is 5.02 Å². The average molecular weight is 310 g/mol. The highest BCUT2D eigenvalue weighted by atomic mass is 35.5. The molecule has 114 valence electrons. The second kappa shape index (κ2) is 7.41. The van der Waals surface area contributed by atoms with E-state index in [0.29, 0.717) is 10.7 Å². The highest BCUT2D eigenvalue weighted by Gasteiger charge is 2.13. The van der Waals surface area contributed by atoms with Gasteiger partial charge in [0.25, 0.3) is 0 Å². The van der Waals surface area contributed by atoms with Gasteiger partial charge in [-0.15, -0.1) is 10.2 Å². The lowest BCUT2D eigenvalue weighted by atomic mass is 10.1. The molecule has 0 atom stereocenters. The van der Waals surface area contributed by atoms with Crippen LogP contribution in [0.5, 0.6) is 0 Å². The molecule has 0 fully saturated rings. The Balaban J connectivity index is 2.05. The van der Waals surface area contributed by atoms with Crippen LogP contribution >= 0.6 is 11.6 Å². The zero-order valence-electron chi connectivity index (χ0n) is 12.2. The number of nitrogens with zero attached hydrogens (tertiary/aromatic N) is 3. The summed E-state index contributed by atoms with van der Waals surface area (Å²) in [4.78, 5) is 11.1. The first-order chi connectivity index (χ1) is 10.1. The van der Waals surface area contributed by atoms with Crippen LogP contribution in [0.1, 0.15) is 61.6 Å². The third-order valence-electron chi connectivity index (χ3n) is 3.53. The number of carbonyl (C=O) groups is 1. The number of unbranched alkanes of at least 4 members (excludes halogenated alkanes) is 5. The Bertz CT molecular complexity index is 625. The molecule has 0 aliphatic carbocycles. The molecule has 5 nitrogen and oxygen atoms in total. The van der Waals surface area contributed by atoms with E-state index >= 15 is 0 Å². The maximum Gasteiger partial charge on any atom is 0.337 e. The molecule has 0 aliphatic heterocycles. The van der Waals surface area contributed by atoms with Gasteiger partial charge in [-0.3, -0.25) is 4.40 Å². The van der Waals surface area contributed by atoms with Crippen molar-refractivity contribution in [3.8, 4) is 0 Å². The summed E-state index contributed by atoms with van der Waals surface area (Å²) in [6, 6.07) is 1.41. The van der Waals surface area contributed by atoms with Gasteiger partial charge in [0.1, 0.15) is 5.82 Å². The third-order valence-corrected chi connectivity index (χ3v) is 3.81. The van der Waals surface area contributed by atoms with Crippen LogP contribution in [0, 0.1) is 0 Å². The van der Waals surface area contributed by atoms with Gasteiger partial charge < -0.3 is 5.11 Å². The summed E-state index contributed by atoms with van der Waals surface area (Å²) < 4.78 is 1.69. The molecule has 0 amide bonds. The van der Waals surface area contributed by atoms with Gasteiger partial charge in [0, 0.05) is 12.6 Å². The lowest BCUT2D eigenvalue weighted by Gasteiger charge is -2.03. The van der Waals surface area contributed by atoms with E-state index in [1.807, 2.05) is 0 Å². The topological polar surface area (TPSA) is 67.5 Å². The number of pyridine rings is 1. The van der Waals surface area contributed by atoms with E-state index in [1.165, 1.54) is 37.9 Å². The second-order valence-corrected chi connectivity index (χ2v) is 5.62. The zero-order chi connectivity index (χ0) is 15.2. The van der Waals surface area contributed by atoms with Gasteiger partial charge >= 0.3 is 5.97 Å². The number of hydrogen-bond donors (Lipinski definition) is 1. The van der Waals surface area contributed by atoms with Crippen molar-refractivity contribution >= 4 is 23.2 Å². The molecule has 21 heavy (non-hydrogen) atoms. The minimum absolute atomic E-state index is 0.150. The maximum atomic E-state index is 11.1. The standard InChI is InChI=1S/C15H20ClN3O2/c1-2-3-4-5-6-7-8-13-17-18-14-12(16)9-11(15(20)21)10-19(13)14/h9-10H,2-8H2,1H3,(H,20,21). The van der Waals surface area contributed by atoms with Crippen LogP contribution in [-0.4, -0.2) is 25.7 Å². The average Bonchev–Trinajstić information content (AvgIpc) is 2.86. The van der Waals surface area contributed by atoms with Crippen LogP contribution in [-0.2, 0) is 6.42 Å². The fourth-order valence-corrected chi connectivity index (χ4v) is 2.60. The SMILES string of the molecule is CCCCCCCCc1nnc2c(Cl)cc(C(=O)O)cn12. The molecule has 0 aliphatic rings. The molecule has 6 heteroatoms. The van der Waals surface area contributed by atoms with Gasteiger partial charge in [-0.2, -0.15) is 0 Å².